The highest BCUT2D eigenvalue weighted by atomic mass is 16.3. The molecule has 1 aromatic heterocycles. The summed E-state index contributed by atoms with van der Waals surface area (Å²) in [6.07, 6.45) is 3.32. The van der Waals surface area contributed by atoms with Gasteiger partial charge in [0.15, 0.2) is 0 Å². The molecule has 2 rings (SSSR count). The molecule has 112 valence electrons. The Morgan fingerprint density at radius 3 is 2.76 bits per heavy atom. The SMILES string of the molecule is CC[C@H](C)[C@H](O)C(=O)NCc1nccn1-c1ccccc1. The highest BCUT2D eigenvalue weighted by Crippen LogP contribution is 2.11. The van der Waals surface area contributed by atoms with Crippen molar-refractivity contribution in [2.45, 2.75) is 32.9 Å². The number of aliphatic hydroxyl groups excluding tert-OH is 1. The van der Waals surface area contributed by atoms with Crippen molar-refractivity contribution in [2.75, 3.05) is 0 Å². The Labute approximate surface area is 124 Å². The van der Waals surface area contributed by atoms with E-state index in [-0.39, 0.29) is 18.4 Å². The van der Waals surface area contributed by atoms with Crippen LogP contribution in [-0.2, 0) is 11.3 Å². The Bertz CT molecular complexity index is 580. The Hall–Kier alpha value is -2.14. The molecule has 0 saturated carbocycles. The molecule has 0 fully saturated rings. The summed E-state index contributed by atoms with van der Waals surface area (Å²) in [4.78, 5) is 16.1. The van der Waals surface area contributed by atoms with Gasteiger partial charge in [0.25, 0.3) is 0 Å². The summed E-state index contributed by atoms with van der Waals surface area (Å²) in [5.41, 5.74) is 0.988. The third kappa shape index (κ3) is 3.70. The first-order chi connectivity index (χ1) is 10.1. The molecule has 5 nitrogen and oxygen atoms in total. The number of aliphatic hydroxyl groups is 1. The fourth-order valence-electron chi connectivity index (χ4n) is 2.04. The minimum absolute atomic E-state index is 0.0566. The highest BCUT2D eigenvalue weighted by Gasteiger charge is 2.21. The van der Waals surface area contributed by atoms with E-state index >= 15 is 0 Å². The maximum Gasteiger partial charge on any atom is 0.249 e. The first-order valence-electron chi connectivity index (χ1n) is 7.17. The number of hydrogen-bond acceptors (Lipinski definition) is 3. The van der Waals surface area contributed by atoms with Crippen molar-refractivity contribution >= 4 is 5.91 Å². The Kier molecular flexibility index (Phi) is 5.11. The maximum atomic E-state index is 11.9. The predicted octanol–water partition coefficient (Wildman–Crippen LogP) is 1.90. The predicted molar refractivity (Wildman–Crippen MR) is 80.9 cm³/mol. The summed E-state index contributed by atoms with van der Waals surface area (Å²) < 4.78 is 1.91. The van der Waals surface area contributed by atoms with Crippen LogP contribution in [0.3, 0.4) is 0 Å². The molecule has 0 aliphatic heterocycles. The van der Waals surface area contributed by atoms with Gasteiger partial charge in [-0.05, 0) is 18.1 Å². The lowest BCUT2D eigenvalue weighted by atomic mass is 10.0. The second kappa shape index (κ2) is 7.04. The number of para-hydroxylation sites is 1. The molecular formula is C16H21N3O2. The molecule has 1 amide bonds. The summed E-state index contributed by atoms with van der Waals surface area (Å²) >= 11 is 0. The van der Waals surface area contributed by atoms with E-state index in [9.17, 15) is 9.90 Å². The normalized spacial score (nSPS) is 13.7. The van der Waals surface area contributed by atoms with E-state index in [4.69, 9.17) is 0 Å². The van der Waals surface area contributed by atoms with Crippen LogP contribution in [0, 0.1) is 5.92 Å². The Balaban J connectivity index is 2.02. The first kappa shape index (κ1) is 15.3. The molecule has 2 aromatic rings. The van der Waals surface area contributed by atoms with Gasteiger partial charge in [-0.15, -0.1) is 0 Å². The molecule has 0 aliphatic rings. The number of hydrogen-bond donors (Lipinski definition) is 2. The molecule has 21 heavy (non-hydrogen) atoms. The number of nitrogens with one attached hydrogen (secondary N) is 1. The number of carbonyl (C=O) groups excluding carboxylic acids is 1. The first-order valence-corrected chi connectivity index (χ1v) is 7.17. The van der Waals surface area contributed by atoms with Gasteiger partial charge in [0.1, 0.15) is 11.9 Å². The van der Waals surface area contributed by atoms with E-state index < -0.39 is 6.10 Å². The van der Waals surface area contributed by atoms with E-state index in [2.05, 4.69) is 10.3 Å². The summed E-state index contributed by atoms with van der Waals surface area (Å²) in [7, 11) is 0. The number of nitrogens with zero attached hydrogens (tertiary/aromatic N) is 2. The van der Waals surface area contributed by atoms with Crippen LogP contribution in [-0.4, -0.2) is 26.7 Å². The van der Waals surface area contributed by atoms with E-state index in [1.165, 1.54) is 0 Å². The quantitative estimate of drug-likeness (QED) is 0.852. The summed E-state index contributed by atoms with van der Waals surface area (Å²) in [5.74, 6) is 0.316. The zero-order chi connectivity index (χ0) is 15.2. The van der Waals surface area contributed by atoms with Crippen LogP contribution in [0.25, 0.3) is 5.69 Å². The number of rotatable bonds is 6. The van der Waals surface area contributed by atoms with Crippen molar-refractivity contribution < 1.29 is 9.90 Å². The molecule has 1 aromatic carbocycles. The molecule has 0 aliphatic carbocycles. The molecule has 0 bridgehead atoms. The zero-order valence-electron chi connectivity index (χ0n) is 12.4. The van der Waals surface area contributed by atoms with E-state index in [1.54, 1.807) is 6.20 Å². The fraction of sp³-hybridized carbons (Fsp3) is 0.375. The minimum atomic E-state index is -0.977. The molecular weight excluding hydrogens is 266 g/mol. The third-order valence-corrected chi connectivity index (χ3v) is 3.62. The lowest BCUT2D eigenvalue weighted by Crippen LogP contribution is -2.38. The third-order valence-electron chi connectivity index (χ3n) is 3.62. The number of amides is 1. The van der Waals surface area contributed by atoms with Crippen LogP contribution in [0.5, 0.6) is 0 Å². The molecule has 0 spiro atoms. The van der Waals surface area contributed by atoms with Gasteiger partial charge in [-0.3, -0.25) is 4.79 Å². The largest absolute Gasteiger partial charge is 0.383 e. The lowest BCUT2D eigenvalue weighted by molar-refractivity contribution is -0.132. The van der Waals surface area contributed by atoms with Crippen molar-refractivity contribution in [3.8, 4) is 5.69 Å². The molecule has 0 radical (unpaired) electrons. The van der Waals surface area contributed by atoms with Gasteiger partial charge < -0.3 is 15.0 Å². The molecule has 2 atom stereocenters. The standard InChI is InChI=1S/C16H21N3O2/c1-3-12(2)15(20)16(21)18-11-14-17-9-10-19(14)13-7-5-4-6-8-13/h4-10,12,15,20H,3,11H2,1-2H3,(H,18,21)/t12-,15-/m0/s1. The average Bonchev–Trinajstić information content (AvgIpc) is 3.00. The van der Waals surface area contributed by atoms with Gasteiger partial charge in [-0.1, -0.05) is 38.5 Å². The van der Waals surface area contributed by atoms with E-state index in [1.807, 2.05) is 54.9 Å². The summed E-state index contributed by atoms with van der Waals surface area (Å²) in [6.45, 7) is 4.09. The molecule has 1 heterocycles. The van der Waals surface area contributed by atoms with Crippen LogP contribution < -0.4 is 5.32 Å². The van der Waals surface area contributed by atoms with Crippen molar-refractivity contribution in [1.29, 1.82) is 0 Å². The van der Waals surface area contributed by atoms with Gasteiger partial charge in [-0.2, -0.15) is 0 Å². The van der Waals surface area contributed by atoms with Crippen LogP contribution >= 0.6 is 0 Å². The second-order valence-electron chi connectivity index (χ2n) is 5.10. The van der Waals surface area contributed by atoms with E-state index in [0.29, 0.717) is 0 Å². The van der Waals surface area contributed by atoms with Crippen molar-refractivity contribution in [3.63, 3.8) is 0 Å². The van der Waals surface area contributed by atoms with Crippen molar-refractivity contribution in [1.82, 2.24) is 14.9 Å². The summed E-state index contributed by atoms with van der Waals surface area (Å²) in [6, 6.07) is 9.79. The number of benzene rings is 1. The number of aromatic nitrogens is 2. The Morgan fingerprint density at radius 1 is 1.38 bits per heavy atom. The second-order valence-corrected chi connectivity index (χ2v) is 5.10. The maximum absolute atomic E-state index is 11.9. The molecule has 2 N–H and O–H groups in total. The van der Waals surface area contributed by atoms with Crippen LogP contribution in [0.1, 0.15) is 26.1 Å². The highest BCUT2D eigenvalue weighted by molar-refractivity contribution is 5.80. The number of carbonyl (C=O) groups is 1. The van der Waals surface area contributed by atoms with Crippen LogP contribution in [0.15, 0.2) is 42.7 Å². The number of imidazole rings is 1. The summed E-state index contributed by atoms with van der Waals surface area (Å²) in [5, 5.41) is 12.6. The monoisotopic (exact) mass is 287 g/mol. The van der Waals surface area contributed by atoms with Crippen LogP contribution in [0.2, 0.25) is 0 Å². The molecule has 0 saturated heterocycles. The van der Waals surface area contributed by atoms with Gasteiger partial charge in [0.2, 0.25) is 5.91 Å². The van der Waals surface area contributed by atoms with Crippen LogP contribution in [0.4, 0.5) is 0 Å². The van der Waals surface area contributed by atoms with Gasteiger partial charge in [0, 0.05) is 18.1 Å². The molecule has 0 unspecified atom stereocenters. The lowest BCUT2D eigenvalue weighted by Gasteiger charge is -2.16. The van der Waals surface area contributed by atoms with E-state index in [0.717, 1.165) is 17.9 Å². The van der Waals surface area contributed by atoms with Gasteiger partial charge >= 0.3 is 0 Å². The fourth-order valence-corrected chi connectivity index (χ4v) is 2.04. The minimum Gasteiger partial charge on any atom is -0.383 e. The molecule has 5 heteroatoms. The van der Waals surface area contributed by atoms with Crippen molar-refractivity contribution in [3.05, 3.63) is 48.5 Å². The Morgan fingerprint density at radius 2 is 2.10 bits per heavy atom. The van der Waals surface area contributed by atoms with Gasteiger partial charge in [-0.25, -0.2) is 4.98 Å². The smallest absolute Gasteiger partial charge is 0.249 e. The topological polar surface area (TPSA) is 67.2 Å². The average molecular weight is 287 g/mol. The van der Waals surface area contributed by atoms with Gasteiger partial charge in [0.05, 0.1) is 6.54 Å². The van der Waals surface area contributed by atoms with Crippen molar-refractivity contribution in [2.24, 2.45) is 5.92 Å². The zero-order valence-corrected chi connectivity index (χ0v) is 12.4.